The van der Waals surface area contributed by atoms with Gasteiger partial charge in [-0.05, 0) is 102 Å². The Balaban J connectivity index is 0.000000161. The van der Waals surface area contributed by atoms with E-state index in [1.54, 1.807) is 48.8 Å². The number of halogens is 3. The first-order valence-corrected chi connectivity index (χ1v) is 24.7. The van der Waals surface area contributed by atoms with Crippen LogP contribution in [0.25, 0.3) is 66.4 Å². The maximum atomic E-state index is 15.0. The van der Waals surface area contributed by atoms with Gasteiger partial charge >= 0.3 is 0 Å². The lowest BCUT2D eigenvalue weighted by atomic mass is 9.92. The molecule has 0 radical (unpaired) electrons. The normalized spacial score (nSPS) is 15.0. The van der Waals surface area contributed by atoms with Gasteiger partial charge in [0, 0.05) is 23.2 Å². The van der Waals surface area contributed by atoms with E-state index in [1.165, 1.54) is 36.9 Å². The van der Waals surface area contributed by atoms with Crippen molar-refractivity contribution >= 4 is 55.5 Å². The lowest BCUT2D eigenvalue weighted by molar-refractivity contribution is 0.231. The summed E-state index contributed by atoms with van der Waals surface area (Å²) in [6.45, 7) is 7.42. The summed E-state index contributed by atoms with van der Waals surface area (Å²) in [6, 6.07) is 22.1. The lowest BCUT2D eigenvalue weighted by Crippen LogP contribution is -2.35. The van der Waals surface area contributed by atoms with E-state index in [1.807, 2.05) is 58.0 Å². The lowest BCUT2D eigenvalue weighted by Gasteiger charge is -2.31. The summed E-state index contributed by atoms with van der Waals surface area (Å²) in [5, 5.41) is 10.8. The average molecular weight is 1000 g/mol. The first-order chi connectivity index (χ1) is 35.8. The molecule has 0 spiro atoms. The minimum Gasteiger partial charge on any atom is -0.488 e. The second-order valence-electron chi connectivity index (χ2n) is 19.1. The highest BCUT2D eigenvalue weighted by molar-refractivity contribution is 5.99. The van der Waals surface area contributed by atoms with Crippen molar-refractivity contribution in [3.05, 3.63) is 147 Å². The van der Waals surface area contributed by atoms with Crippen LogP contribution in [0, 0.1) is 17.5 Å². The third kappa shape index (κ3) is 8.23. The van der Waals surface area contributed by atoms with Gasteiger partial charge in [0.25, 0.3) is 11.1 Å². The number of ether oxygens (including phenoxy) is 1. The molecular formula is C54H51F3N14O3. The molecule has 0 bridgehead atoms. The minimum absolute atomic E-state index is 0.0171. The zero-order chi connectivity index (χ0) is 51.5. The number of rotatable bonds is 10. The molecule has 2 unspecified atom stereocenters. The van der Waals surface area contributed by atoms with Crippen molar-refractivity contribution in [2.45, 2.75) is 103 Å². The highest BCUT2D eigenvalue weighted by atomic mass is 19.1. The molecule has 376 valence electrons. The van der Waals surface area contributed by atoms with Crippen molar-refractivity contribution in [2.75, 3.05) is 11.5 Å². The van der Waals surface area contributed by atoms with E-state index in [0.717, 1.165) is 50.5 Å². The van der Waals surface area contributed by atoms with Gasteiger partial charge in [-0.15, -0.1) is 0 Å². The van der Waals surface area contributed by atoms with Crippen molar-refractivity contribution in [1.29, 1.82) is 0 Å². The molecule has 2 aliphatic rings. The molecule has 6 aromatic heterocycles. The summed E-state index contributed by atoms with van der Waals surface area (Å²) in [7, 11) is 0. The van der Waals surface area contributed by atoms with Gasteiger partial charge in [0.2, 0.25) is 0 Å². The Morgan fingerprint density at radius 2 is 1.04 bits per heavy atom. The zero-order valence-corrected chi connectivity index (χ0v) is 41.0. The van der Waals surface area contributed by atoms with Crippen LogP contribution in [-0.4, -0.2) is 64.7 Å². The fourth-order valence-corrected chi connectivity index (χ4v) is 10.3. The predicted octanol–water partition coefficient (Wildman–Crippen LogP) is 9.83. The number of nitrogen functional groups attached to an aromatic ring is 2. The van der Waals surface area contributed by atoms with E-state index in [0.29, 0.717) is 62.0 Å². The Hall–Kier alpha value is -8.55. The van der Waals surface area contributed by atoms with Crippen LogP contribution in [0.15, 0.2) is 107 Å². The molecule has 12 rings (SSSR count). The second-order valence-corrected chi connectivity index (χ2v) is 19.1. The summed E-state index contributed by atoms with van der Waals surface area (Å²) in [5.41, 5.74) is 15.7. The number of nitrogens with two attached hydrogens (primary N) is 2. The minimum atomic E-state index is -0.597. The zero-order valence-electron chi connectivity index (χ0n) is 41.0. The van der Waals surface area contributed by atoms with Crippen molar-refractivity contribution in [3.63, 3.8) is 0 Å². The van der Waals surface area contributed by atoms with E-state index < -0.39 is 35.1 Å². The second kappa shape index (κ2) is 19.1. The Bertz CT molecular complexity index is 3920. The standard InChI is InChI=1S/C29H29F2N7O2.C25H22FN7O/c1-15(2)40-22-12-11-17(13-20(22)31)25-24-26(32)33-14-34-28(24)38(36-25)16(3)27-35-21-10-6-9-19(30)23(21)29(39)37(27)18-7-4-5-8-18;1-14(23-30-18-12-6-11-17(26)19(18)25(34)32(23)16-9-5-10-16)33-24-20(22(27)28-13-29-24)21(31-33)15-7-3-2-4-8-15/h6,9-16,18H,4-5,7-8H2,1-3H3,(H2,32,33,34);2-4,6-8,11-14,16H,5,9-10H2,1H3,(H2,27,28,29). The van der Waals surface area contributed by atoms with Gasteiger partial charge in [0.1, 0.15) is 81.8 Å². The number of hydrogen-bond donors (Lipinski definition) is 2. The van der Waals surface area contributed by atoms with Crippen LogP contribution < -0.4 is 27.3 Å². The van der Waals surface area contributed by atoms with E-state index in [9.17, 15) is 22.8 Å². The maximum Gasteiger partial charge on any atom is 0.264 e. The van der Waals surface area contributed by atoms with Gasteiger partial charge < -0.3 is 16.2 Å². The van der Waals surface area contributed by atoms with Gasteiger partial charge in [-0.25, -0.2) is 52.4 Å². The molecule has 2 saturated carbocycles. The number of hydrogen-bond acceptors (Lipinski definition) is 13. The van der Waals surface area contributed by atoms with Crippen LogP contribution in [0.3, 0.4) is 0 Å². The molecule has 4 aromatic carbocycles. The van der Waals surface area contributed by atoms with E-state index >= 15 is 0 Å². The molecule has 0 amide bonds. The van der Waals surface area contributed by atoms with Crippen molar-refractivity contribution in [3.8, 4) is 28.3 Å². The van der Waals surface area contributed by atoms with Crippen molar-refractivity contribution < 1.29 is 17.9 Å². The Labute approximate surface area is 420 Å². The third-order valence-corrected chi connectivity index (χ3v) is 14.1. The first-order valence-electron chi connectivity index (χ1n) is 24.7. The van der Waals surface area contributed by atoms with E-state index in [2.05, 4.69) is 19.9 Å². The predicted molar refractivity (Wildman–Crippen MR) is 276 cm³/mol. The number of benzene rings is 4. The van der Waals surface area contributed by atoms with Gasteiger partial charge in [-0.2, -0.15) is 10.2 Å². The van der Waals surface area contributed by atoms with Crippen LogP contribution >= 0.6 is 0 Å². The molecule has 20 heteroatoms. The summed E-state index contributed by atoms with van der Waals surface area (Å²) in [4.78, 5) is 54.0. The topological polar surface area (TPSA) is 218 Å². The molecule has 4 N–H and O–H groups in total. The summed E-state index contributed by atoms with van der Waals surface area (Å²) in [5.74, 6) is -0.0860. The van der Waals surface area contributed by atoms with Gasteiger partial charge in [0.15, 0.2) is 22.9 Å². The number of fused-ring (bicyclic) bond motifs is 4. The molecular weight excluding hydrogens is 950 g/mol. The van der Waals surface area contributed by atoms with Crippen LogP contribution in [0.5, 0.6) is 5.75 Å². The van der Waals surface area contributed by atoms with Crippen LogP contribution in [0.2, 0.25) is 0 Å². The quantitative estimate of drug-likeness (QED) is 0.131. The van der Waals surface area contributed by atoms with E-state index in [4.69, 9.17) is 36.4 Å². The van der Waals surface area contributed by atoms with Crippen molar-refractivity contribution in [2.24, 2.45) is 0 Å². The fraction of sp³-hybridized carbons (Fsp3) is 0.296. The Morgan fingerprint density at radius 1 is 0.554 bits per heavy atom. The molecule has 10 aromatic rings. The number of nitrogens with zero attached hydrogens (tertiary/aromatic N) is 12. The monoisotopic (exact) mass is 1000 g/mol. The summed E-state index contributed by atoms with van der Waals surface area (Å²) in [6.07, 6.45) is 8.81. The molecule has 0 aliphatic heterocycles. The van der Waals surface area contributed by atoms with Gasteiger partial charge in [-0.3, -0.25) is 18.7 Å². The molecule has 6 heterocycles. The smallest absolute Gasteiger partial charge is 0.264 e. The molecule has 0 saturated heterocycles. The highest BCUT2D eigenvalue weighted by Crippen LogP contribution is 2.39. The largest absolute Gasteiger partial charge is 0.488 e. The van der Waals surface area contributed by atoms with Crippen LogP contribution in [0.4, 0.5) is 24.8 Å². The third-order valence-electron chi connectivity index (χ3n) is 14.1. The SMILES string of the molecule is CC(C)Oc1ccc(-c2nn(C(C)c3nc4cccc(F)c4c(=O)n3C3CCCC3)c3ncnc(N)c23)cc1F.CC(c1nc2cccc(F)c2c(=O)n1C1CCC1)n1nc(-c2ccccc2)c2c(N)ncnc21. The number of anilines is 2. The van der Waals surface area contributed by atoms with Gasteiger partial charge in [0.05, 0.1) is 27.9 Å². The molecule has 2 fully saturated rings. The molecule has 17 nitrogen and oxygen atoms in total. The molecule has 2 aliphatic carbocycles. The van der Waals surface area contributed by atoms with E-state index in [-0.39, 0.29) is 51.6 Å². The van der Waals surface area contributed by atoms with Crippen LogP contribution in [-0.2, 0) is 0 Å². The van der Waals surface area contributed by atoms with Crippen LogP contribution in [0.1, 0.15) is 108 Å². The molecule has 74 heavy (non-hydrogen) atoms. The summed E-state index contributed by atoms with van der Waals surface area (Å²) < 4.78 is 56.6. The first kappa shape index (κ1) is 47.8. The molecule has 2 atom stereocenters. The average Bonchev–Trinajstić information content (AvgIpc) is 4.15. The Kier molecular flexibility index (Phi) is 12.3. The number of aromatic nitrogens is 12. The highest BCUT2D eigenvalue weighted by Gasteiger charge is 2.32. The van der Waals surface area contributed by atoms with Crippen molar-refractivity contribution in [1.82, 2.24) is 58.6 Å². The van der Waals surface area contributed by atoms with Gasteiger partial charge in [-0.1, -0.05) is 55.3 Å². The maximum absolute atomic E-state index is 15.0. The Morgan fingerprint density at radius 3 is 1.50 bits per heavy atom. The fourth-order valence-electron chi connectivity index (χ4n) is 10.3. The summed E-state index contributed by atoms with van der Waals surface area (Å²) >= 11 is 0.